The topological polar surface area (TPSA) is 173 Å². The van der Waals surface area contributed by atoms with Gasteiger partial charge in [0.2, 0.25) is 27.7 Å². The Kier molecular flexibility index (Phi) is 9.76. The van der Waals surface area contributed by atoms with Crippen molar-refractivity contribution in [1.82, 2.24) is 25.2 Å². The van der Waals surface area contributed by atoms with Crippen molar-refractivity contribution in [3.8, 4) is 5.88 Å². The maximum Gasteiger partial charge on any atom is 0.407 e. The van der Waals surface area contributed by atoms with Gasteiger partial charge in [-0.25, -0.2) is 18.2 Å². The maximum atomic E-state index is 14.4. The predicted molar refractivity (Wildman–Crippen MR) is 183 cm³/mol. The van der Waals surface area contributed by atoms with Gasteiger partial charge < -0.3 is 25.0 Å². The van der Waals surface area contributed by atoms with E-state index in [1.165, 1.54) is 11.0 Å². The molecular formula is C35H47N5O8S. The summed E-state index contributed by atoms with van der Waals surface area (Å²) in [6.45, 7) is 15.0. The van der Waals surface area contributed by atoms with Crippen LogP contribution in [0, 0.1) is 16.7 Å². The molecule has 2 aliphatic carbocycles. The van der Waals surface area contributed by atoms with Crippen LogP contribution in [-0.4, -0.2) is 84.2 Å². The number of carbonyl (C=O) groups is 4. The molecule has 2 saturated carbocycles. The average molecular weight is 698 g/mol. The zero-order valence-corrected chi connectivity index (χ0v) is 29.8. The van der Waals surface area contributed by atoms with Gasteiger partial charge in [0.25, 0.3) is 5.91 Å². The van der Waals surface area contributed by atoms with E-state index in [1.807, 2.05) is 51.1 Å². The van der Waals surface area contributed by atoms with Gasteiger partial charge in [0.05, 0.1) is 18.4 Å². The summed E-state index contributed by atoms with van der Waals surface area (Å²) in [6, 6.07) is 7.17. The highest BCUT2D eigenvalue weighted by Gasteiger charge is 2.62. The molecule has 1 aromatic heterocycles. The van der Waals surface area contributed by atoms with E-state index >= 15 is 0 Å². The Labute approximate surface area is 287 Å². The molecule has 5 rings (SSSR count). The van der Waals surface area contributed by atoms with Gasteiger partial charge in [-0.2, -0.15) is 0 Å². The van der Waals surface area contributed by atoms with Crippen molar-refractivity contribution < 1.29 is 37.1 Å². The van der Waals surface area contributed by atoms with E-state index in [1.54, 1.807) is 27.0 Å². The first-order valence-electron chi connectivity index (χ1n) is 16.6. The molecule has 0 bridgehead atoms. The first kappa shape index (κ1) is 36.1. The van der Waals surface area contributed by atoms with Crippen LogP contribution in [0.25, 0.3) is 10.8 Å². The van der Waals surface area contributed by atoms with Crippen molar-refractivity contribution in [1.29, 1.82) is 0 Å². The predicted octanol–water partition coefficient (Wildman–Crippen LogP) is 3.44. The Morgan fingerprint density at radius 2 is 1.80 bits per heavy atom. The fraction of sp³-hybridized carbons (Fsp3) is 0.571. The minimum Gasteiger partial charge on any atom is -0.472 e. The van der Waals surface area contributed by atoms with Crippen LogP contribution in [0.15, 0.2) is 49.2 Å². The van der Waals surface area contributed by atoms with Crippen LogP contribution in [0.3, 0.4) is 0 Å². The normalized spacial score (nSPS) is 24.4. The van der Waals surface area contributed by atoms with Gasteiger partial charge in [0.15, 0.2) is 0 Å². The van der Waals surface area contributed by atoms with Gasteiger partial charge in [-0.15, -0.1) is 6.58 Å². The minimum absolute atomic E-state index is 0.0206. The molecule has 0 spiro atoms. The Balaban J connectivity index is 1.42. The van der Waals surface area contributed by atoms with E-state index in [0.717, 1.165) is 10.8 Å². The molecule has 14 heteroatoms. The fourth-order valence-electron chi connectivity index (χ4n) is 5.99. The molecule has 1 saturated heterocycles. The Bertz CT molecular complexity index is 1740. The SMILES string of the molecule is C=C[C@@H]1C[C@]1(NC(=O)[C@@H]1C[C@@H](Oc2nccc3ccccc23)CN1C(=O)[C@@H](NC(=O)OCC(C)(C)C)C(C)(C)C)C(=O)NS(=O)(=O)C1CC1. The molecule has 0 radical (unpaired) electrons. The number of ether oxygens (including phenoxy) is 2. The van der Waals surface area contributed by atoms with Gasteiger partial charge in [-0.1, -0.05) is 65.8 Å². The third-order valence-corrected chi connectivity index (χ3v) is 10.8. The smallest absolute Gasteiger partial charge is 0.407 e. The molecule has 13 nitrogen and oxygen atoms in total. The summed E-state index contributed by atoms with van der Waals surface area (Å²) in [6.07, 6.45) is 2.80. The summed E-state index contributed by atoms with van der Waals surface area (Å²) >= 11 is 0. The number of alkyl carbamates (subject to hydrolysis) is 1. The van der Waals surface area contributed by atoms with Crippen LogP contribution in [0.4, 0.5) is 4.79 Å². The molecule has 2 heterocycles. The summed E-state index contributed by atoms with van der Waals surface area (Å²) in [5.41, 5.74) is -2.63. The van der Waals surface area contributed by atoms with Crippen molar-refractivity contribution in [3.05, 3.63) is 49.2 Å². The quantitative estimate of drug-likeness (QED) is 0.298. The number of likely N-dealkylation sites (tertiary alicyclic amines) is 1. The lowest BCUT2D eigenvalue weighted by Gasteiger charge is -2.35. The highest BCUT2D eigenvalue weighted by Crippen LogP contribution is 2.45. The first-order chi connectivity index (χ1) is 22.8. The Hall–Kier alpha value is -4.20. The number of sulfonamides is 1. The van der Waals surface area contributed by atoms with E-state index < -0.39 is 74.1 Å². The number of nitrogens with zero attached hydrogens (tertiary/aromatic N) is 2. The molecule has 2 aromatic rings. The number of pyridine rings is 1. The van der Waals surface area contributed by atoms with Gasteiger partial charge in [0.1, 0.15) is 23.7 Å². The van der Waals surface area contributed by atoms with Crippen molar-refractivity contribution in [3.63, 3.8) is 0 Å². The van der Waals surface area contributed by atoms with Crippen LogP contribution in [-0.2, 0) is 29.1 Å². The van der Waals surface area contributed by atoms with Gasteiger partial charge in [-0.3, -0.25) is 19.1 Å². The zero-order valence-electron chi connectivity index (χ0n) is 28.9. The number of benzene rings is 1. The molecule has 49 heavy (non-hydrogen) atoms. The number of fused-ring (bicyclic) bond motifs is 1. The third-order valence-electron chi connectivity index (χ3n) is 9.02. The van der Waals surface area contributed by atoms with E-state index in [0.29, 0.717) is 18.7 Å². The summed E-state index contributed by atoms with van der Waals surface area (Å²) < 4.78 is 39.2. The van der Waals surface area contributed by atoms with Crippen LogP contribution < -0.4 is 20.1 Å². The highest BCUT2D eigenvalue weighted by molar-refractivity contribution is 7.91. The monoisotopic (exact) mass is 697 g/mol. The van der Waals surface area contributed by atoms with Crippen molar-refractivity contribution in [2.24, 2.45) is 16.7 Å². The largest absolute Gasteiger partial charge is 0.472 e. The van der Waals surface area contributed by atoms with Crippen molar-refractivity contribution >= 4 is 44.6 Å². The number of carbonyl (C=O) groups excluding carboxylic acids is 4. The molecule has 4 amide bonds. The molecular weight excluding hydrogens is 650 g/mol. The summed E-state index contributed by atoms with van der Waals surface area (Å²) in [4.78, 5) is 60.6. The van der Waals surface area contributed by atoms with Gasteiger partial charge >= 0.3 is 6.09 Å². The van der Waals surface area contributed by atoms with Crippen molar-refractivity contribution in [2.75, 3.05) is 13.2 Å². The van der Waals surface area contributed by atoms with Crippen LogP contribution in [0.2, 0.25) is 0 Å². The van der Waals surface area contributed by atoms with Crippen molar-refractivity contribution in [2.45, 2.75) is 96.2 Å². The lowest BCUT2D eigenvalue weighted by Crippen LogP contribution is -2.60. The number of aromatic nitrogens is 1. The lowest BCUT2D eigenvalue weighted by atomic mass is 9.85. The molecule has 3 N–H and O–H groups in total. The molecule has 266 valence electrons. The Morgan fingerprint density at radius 1 is 1.10 bits per heavy atom. The molecule has 0 unspecified atom stereocenters. The van der Waals surface area contributed by atoms with E-state index in [9.17, 15) is 27.6 Å². The summed E-state index contributed by atoms with van der Waals surface area (Å²) in [5.74, 6) is -2.20. The van der Waals surface area contributed by atoms with E-state index in [4.69, 9.17) is 9.47 Å². The summed E-state index contributed by atoms with van der Waals surface area (Å²) in [7, 11) is -3.88. The third kappa shape index (κ3) is 8.17. The summed E-state index contributed by atoms with van der Waals surface area (Å²) in [5, 5.41) is 6.51. The zero-order chi connectivity index (χ0) is 35.9. The number of hydrogen-bond donors (Lipinski definition) is 3. The van der Waals surface area contributed by atoms with E-state index in [-0.39, 0.29) is 31.4 Å². The second kappa shape index (κ2) is 13.3. The first-order valence-corrected chi connectivity index (χ1v) is 18.1. The Morgan fingerprint density at radius 3 is 2.41 bits per heavy atom. The number of rotatable bonds is 11. The number of amides is 4. The van der Waals surface area contributed by atoms with Crippen LogP contribution in [0.5, 0.6) is 5.88 Å². The second-order valence-corrected chi connectivity index (χ2v) is 17.5. The molecule has 1 aliphatic heterocycles. The van der Waals surface area contributed by atoms with E-state index in [2.05, 4.69) is 26.9 Å². The number of hydrogen-bond acceptors (Lipinski definition) is 9. The van der Waals surface area contributed by atoms with Crippen LogP contribution in [0.1, 0.15) is 67.2 Å². The van der Waals surface area contributed by atoms with Crippen LogP contribution >= 0.6 is 0 Å². The fourth-order valence-corrected chi connectivity index (χ4v) is 7.36. The number of nitrogens with one attached hydrogen (secondary N) is 3. The molecule has 5 atom stereocenters. The molecule has 3 aliphatic rings. The lowest BCUT2D eigenvalue weighted by molar-refractivity contribution is -0.142. The van der Waals surface area contributed by atoms with Gasteiger partial charge in [-0.05, 0) is 47.6 Å². The second-order valence-electron chi connectivity index (χ2n) is 15.6. The minimum atomic E-state index is -3.88. The highest BCUT2D eigenvalue weighted by atomic mass is 32.2. The average Bonchev–Trinajstić information content (AvgIpc) is 3.94. The maximum absolute atomic E-state index is 14.4. The standard InChI is InChI=1S/C35H47N5O8S/c1-8-22-18-35(22,31(43)39-49(45,46)24-13-14-24)38-28(41)26-17-23(48-29-25-12-10-9-11-21(25)15-16-36-29)19-40(26)30(42)27(34(5,6)7)37-32(44)47-20-33(2,3)4/h8-12,15-16,22-24,26-27H,1,13-14,17-20H2,2-7H3,(H,37,44)(H,38,41)(H,39,43)/t22-,23-,26+,27-,35-/m1/s1. The molecule has 3 fully saturated rings. The molecule has 1 aromatic carbocycles. The van der Waals surface area contributed by atoms with Gasteiger partial charge in [0, 0.05) is 23.9 Å².